The van der Waals surface area contributed by atoms with E-state index in [4.69, 9.17) is 10.5 Å². The van der Waals surface area contributed by atoms with Crippen molar-refractivity contribution in [1.82, 2.24) is 10.3 Å². The summed E-state index contributed by atoms with van der Waals surface area (Å²) in [5, 5.41) is 2.88. The molecule has 0 fully saturated rings. The number of hydrogen-bond acceptors (Lipinski definition) is 4. The number of hydrogen-bond donors (Lipinski definition) is 2. The number of ether oxygens (including phenoxy) is 1. The number of carbonyl (C=O) groups is 1. The van der Waals surface area contributed by atoms with Crippen molar-refractivity contribution >= 4 is 5.91 Å². The van der Waals surface area contributed by atoms with E-state index in [0.717, 1.165) is 0 Å². The van der Waals surface area contributed by atoms with Crippen molar-refractivity contribution in [3.8, 4) is 5.88 Å². The van der Waals surface area contributed by atoms with Gasteiger partial charge in [-0.3, -0.25) is 4.79 Å². The number of nitrogens with one attached hydrogen (secondary N) is 1. The first kappa shape index (κ1) is 13.4. The molecule has 2 atom stereocenters. The number of pyridine rings is 1. The van der Waals surface area contributed by atoms with Gasteiger partial charge in [0.05, 0.1) is 7.11 Å². The third-order valence-electron chi connectivity index (χ3n) is 2.79. The van der Waals surface area contributed by atoms with Gasteiger partial charge >= 0.3 is 0 Å². The van der Waals surface area contributed by atoms with Crippen LogP contribution in [0.1, 0.15) is 24.2 Å². The van der Waals surface area contributed by atoms with Crippen LogP contribution in [0.4, 0.5) is 0 Å². The Morgan fingerprint density at radius 3 is 2.88 bits per heavy atom. The van der Waals surface area contributed by atoms with E-state index in [1.165, 1.54) is 7.11 Å². The second kappa shape index (κ2) is 6.20. The maximum Gasteiger partial charge on any atom is 0.256 e. The minimum atomic E-state index is -0.192. The fourth-order valence-electron chi connectivity index (χ4n) is 1.36. The van der Waals surface area contributed by atoms with Crippen LogP contribution in [-0.4, -0.2) is 30.6 Å². The van der Waals surface area contributed by atoms with E-state index in [0.29, 0.717) is 18.0 Å². The summed E-state index contributed by atoms with van der Waals surface area (Å²) in [5.41, 5.74) is 5.99. The monoisotopic (exact) mass is 237 g/mol. The van der Waals surface area contributed by atoms with Crippen LogP contribution in [0.15, 0.2) is 18.3 Å². The number of carbonyl (C=O) groups excluding carboxylic acids is 1. The molecule has 94 valence electrons. The fraction of sp³-hybridized carbons (Fsp3) is 0.500. The molecule has 3 N–H and O–H groups in total. The van der Waals surface area contributed by atoms with Gasteiger partial charge in [0, 0.05) is 12.2 Å². The molecule has 0 spiro atoms. The lowest BCUT2D eigenvalue weighted by molar-refractivity contribution is 0.0926. The molecule has 17 heavy (non-hydrogen) atoms. The molecule has 0 radical (unpaired) electrons. The highest BCUT2D eigenvalue weighted by atomic mass is 16.5. The Labute approximate surface area is 101 Å². The molecule has 0 saturated carbocycles. The summed E-state index contributed by atoms with van der Waals surface area (Å²) in [6.45, 7) is 4.45. The molecule has 0 saturated heterocycles. The van der Waals surface area contributed by atoms with Gasteiger partial charge in [-0.15, -0.1) is 0 Å². The highest BCUT2D eigenvalue weighted by Gasteiger charge is 2.17. The Bertz CT molecular complexity index is 382. The number of nitrogens with zero attached hydrogens (tertiary/aromatic N) is 1. The first-order chi connectivity index (χ1) is 8.10. The number of aromatic nitrogens is 1. The molecule has 5 heteroatoms. The van der Waals surface area contributed by atoms with E-state index in [9.17, 15) is 4.79 Å². The van der Waals surface area contributed by atoms with Gasteiger partial charge in [-0.1, -0.05) is 6.92 Å². The average Bonchev–Trinajstić information content (AvgIpc) is 2.37. The Morgan fingerprint density at radius 2 is 2.29 bits per heavy atom. The maximum atomic E-state index is 12.0. The standard InChI is InChI=1S/C12H19N3O2/c1-8(7-13)9(2)15-11(16)10-5-4-6-14-12(10)17-3/h4-6,8-9H,7,13H2,1-3H3,(H,15,16). The minimum absolute atomic E-state index is 0.0115. The molecule has 2 unspecified atom stereocenters. The SMILES string of the molecule is COc1ncccc1C(=O)NC(C)C(C)CN. The van der Waals surface area contributed by atoms with Gasteiger partial charge in [-0.25, -0.2) is 4.98 Å². The zero-order chi connectivity index (χ0) is 12.8. The number of nitrogens with two attached hydrogens (primary N) is 1. The molecule has 1 amide bonds. The second-order valence-electron chi connectivity index (χ2n) is 4.04. The molecule has 1 rings (SSSR count). The molecular weight excluding hydrogens is 218 g/mol. The number of methoxy groups -OCH3 is 1. The van der Waals surface area contributed by atoms with Crippen molar-refractivity contribution in [3.05, 3.63) is 23.9 Å². The first-order valence-corrected chi connectivity index (χ1v) is 5.60. The lowest BCUT2D eigenvalue weighted by Gasteiger charge is -2.20. The van der Waals surface area contributed by atoms with Crippen molar-refractivity contribution in [1.29, 1.82) is 0 Å². The molecule has 1 heterocycles. The van der Waals surface area contributed by atoms with Crippen molar-refractivity contribution < 1.29 is 9.53 Å². The third kappa shape index (κ3) is 3.42. The summed E-state index contributed by atoms with van der Waals surface area (Å²) in [6, 6.07) is 3.40. The quantitative estimate of drug-likeness (QED) is 0.794. The van der Waals surface area contributed by atoms with Gasteiger partial charge in [0.1, 0.15) is 5.56 Å². The molecule has 1 aromatic rings. The Hall–Kier alpha value is -1.62. The lowest BCUT2D eigenvalue weighted by Crippen LogP contribution is -2.39. The molecule has 0 aliphatic heterocycles. The summed E-state index contributed by atoms with van der Waals surface area (Å²) in [4.78, 5) is 16.0. The molecule has 0 aliphatic rings. The van der Waals surface area contributed by atoms with Crippen LogP contribution in [0.25, 0.3) is 0 Å². The minimum Gasteiger partial charge on any atom is -0.480 e. The molecule has 1 aromatic heterocycles. The normalized spacial score (nSPS) is 13.9. The van der Waals surface area contributed by atoms with Crippen molar-refractivity contribution in [2.45, 2.75) is 19.9 Å². The Morgan fingerprint density at radius 1 is 1.59 bits per heavy atom. The molecular formula is C12H19N3O2. The summed E-state index contributed by atoms with van der Waals surface area (Å²) < 4.78 is 5.04. The van der Waals surface area contributed by atoms with Crippen molar-refractivity contribution in [2.75, 3.05) is 13.7 Å². The fourth-order valence-corrected chi connectivity index (χ4v) is 1.36. The zero-order valence-corrected chi connectivity index (χ0v) is 10.4. The van der Waals surface area contributed by atoms with Crippen molar-refractivity contribution in [3.63, 3.8) is 0 Å². The number of rotatable bonds is 5. The summed E-state index contributed by atoms with van der Waals surface area (Å²) in [6.07, 6.45) is 1.58. The van der Waals surface area contributed by atoms with E-state index in [2.05, 4.69) is 10.3 Å². The van der Waals surface area contributed by atoms with Crippen LogP contribution in [0.2, 0.25) is 0 Å². The average molecular weight is 237 g/mol. The third-order valence-corrected chi connectivity index (χ3v) is 2.79. The van der Waals surface area contributed by atoms with Gasteiger partial charge < -0.3 is 15.8 Å². The van der Waals surface area contributed by atoms with Crippen LogP contribution >= 0.6 is 0 Å². The predicted octanol–water partition coefficient (Wildman–Crippen LogP) is 0.803. The highest BCUT2D eigenvalue weighted by molar-refractivity contribution is 5.96. The molecule has 0 bridgehead atoms. The lowest BCUT2D eigenvalue weighted by atomic mass is 10.0. The van der Waals surface area contributed by atoms with E-state index >= 15 is 0 Å². The van der Waals surface area contributed by atoms with Gasteiger partial charge in [0.15, 0.2) is 0 Å². The predicted molar refractivity (Wildman–Crippen MR) is 65.9 cm³/mol. The number of amides is 1. The van der Waals surface area contributed by atoms with Crippen LogP contribution in [0.5, 0.6) is 5.88 Å². The van der Waals surface area contributed by atoms with Crippen LogP contribution in [-0.2, 0) is 0 Å². The van der Waals surface area contributed by atoms with E-state index < -0.39 is 0 Å². The first-order valence-electron chi connectivity index (χ1n) is 5.60. The van der Waals surface area contributed by atoms with Gasteiger partial charge in [0.25, 0.3) is 5.91 Å². The summed E-state index contributed by atoms with van der Waals surface area (Å²) in [5.74, 6) is 0.363. The molecule has 5 nitrogen and oxygen atoms in total. The molecule has 0 aromatic carbocycles. The van der Waals surface area contributed by atoms with Gasteiger partial charge in [-0.2, -0.15) is 0 Å². The van der Waals surface area contributed by atoms with Crippen LogP contribution in [0, 0.1) is 5.92 Å². The van der Waals surface area contributed by atoms with Crippen LogP contribution in [0.3, 0.4) is 0 Å². The Balaban J connectivity index is 2.76. The van der Waals surface area contributed by atoms with Crippen molar-refractivity contribution in [2.24, 2.45) is 11.7 Å². The Kier molecular flexibility index (Phi) is 4.90. The zero-order valence-electron chi connectivity index (χ0n) is 10.4. The van der Waals surface area contributed by atoms with Gasteiger partial charge in [0.2, 0.25) is 5.88 Å². The smallest absolute Gasteiger partial charge is 0.256 e. The van der Waals surface area contributed by atoms with E-state index in [1.54, 1.807) is 18.3 Å². The highest BCUT2D eigenvalue weighted by Crippen LogP contribution is 2.14. The largest absolute Gasteiger partial charge is 0.480 e. The summed E-state index contributed by atoms with van der Waals surface area (Å²) in [7, 11) is 1.49. The van der Waals surface area contributed by atoms with Crippen LogP contribution < -0.4 is 15.8 Å². The van der Waals surface area contributed by atoms with Gasteiger partial charge in [-0.05, 0) is 31.5 Å². The van der Waals surface area contributed by atoms with E-state index in [1.807, 2.05) is 13.8 Å². The molecule has 0 aliphatic carbocycles. The second-order valence-corrected chi connectivity index (χ2v) is 4.04. The maximum absolute atomic E-state index is 12.0. The van der Waals surface area contributed by atoms with E-state index in [-0.39, 0.29) is 17.9 Å². The topological polar surface area (TPSA) is 77.2 Å². The summed E-state index contributed by atoms with van der Waals surface area (Å²) >= 11 is 0.